The van der Waals surface area contributed by atoms with E-state index in [1.54, 1.807) is 47.4 Å². The number of para-hydroxylation sites is 2. The van der Waals surface area contributed by atoms with Gasteiger partial charge in [-0.25, -0.2) is 8.42 Å². The number of nitrogens with one attached hydrogen (secondary N) is 1. The lowest BCUT2D eigenvalue weighted by Gasteiger charge is -2.34. The normalized spacial score (nSPS) is 14.2. The van der Waals surface area contributed by atoms with Crippen LogP contribution in [-0.4, -0.2) is 56.9 Å². The number of amides is 2. The van der Waals surface area contributed by atoms with Crippen LogP contribution in [0.5, 0.6) is 5.75 Å². The number of carbonyl (C=O) groups is 2. The zero-order chi connectivity index (χ0) is 30.0. The van der Waals surface area contributed by atoms with E-state index in [2.05, 4.69) is 5.32 Å². The van der Waals surface area contributed by atoms with Crippen LogP contribution in [-0.2, 0) is 26.0 Å². The summed E-state index contributed by atoms with van der Waals surface area (Å²) in [7, 11) is -4.16. The molecule has 224 valence electrons. The Balaban J connectivity index is 1.70. The average molecular weight is 592 g/mol. The van der Waals surface area contributed by atoms with Gasteiger partial charge in [0.1, 0.15) is 18.3 Å². The molecule has 9 heteroatoms. The fourth-order valence-corrected chi connectivity index (χ4v) is 6.88. The summed E-state index contributed by atoms with van der Waals surface area (Å²) in [6, 6.07) is 24.0. The molecule has 0 unspecified atom stereocenters. The molecular weight excluding hydrogens is 550 g/mol. The van der Waals surface area contributed by atoms with Gasteiger partial charge in [-0.15, -0.1) is 0 Å². The number of ether oxygens (including phenoxy) is 1. The highest BCUT2D eigenvalue weighted by Gasteiger charge is 2.35. The standard InChI is InChI=1S/C33H41N3O5S/c1-3-29(33(38)34-27-17-11-12-18-27)35(24-23-26-15-7-5-8-16-26)32(37)25-36(30-21-13-14-22-31(30)41-4-2)42(39,40)28-19-9-6-10-20-28/h5-10,13-16,19-22,27,29H,3-4,11-12,17-18,23-25H2,1-2H3,(H,34,38)/t29-/m1/s1. The van der Waals surface area contributed by atoms with E-state index in [0.29, 0.717) is 25.2 Å². The highest BCUT2D eigenvalue weighted by Crippen LogP contribution is 2.33. The fraction of sp³-hybridized carbons (Fsp3) is 0.394. The molecule has 1 fully saturated rings. The largest absolute Gasteiger partial charge is 0.492 e. The van der Waals surface area contributed by atoms with Gasteiger partial charge in [0.15, 0.2) is 0 Å². The van der Waals surface area contributed by atoms with Gasteiger partial charge in [-0.05, 0) is 62.4 Å². The Kier molecular flexibility index (Phi) is 11.0. The molecule has 8 nitrogen and oxygen atoms in total. The Hall–Kier alpha value is -3.85. The minimum atomic E-state index is -4.16. The van der Waals surface area contributed by atoms with Crippen molar-refractivity contribution in [1.82, 2.24) is 10.2 Å². The quantitative estimate of drug-likeness (QED) is 0.278. The molecule has 1 N–H and O–H groups in total. The van der Waals surface area contributed by atoms with E-state index in [1.807, 2.05) is 44.2 Å². The highest BCUT2D eigenvalue weighted by atomic mass is 32.2. The van der Waals surface area contributed by atoms with Gasteiger partial charge in [-0.3, -0.25) is 13.9 Å². The van der Waals surface area contributed by atoms with Crippen molar-refractivity contribution in [2.24, 2.45) is 0 Å². The molecule has 42 heavy (non-hydrogen) atoms. The van der Waals surface area contributed by atoms with Crippen molar-refractivity contribution in [2.45, 2.75) is 69.4 Å². The lowest BCUT2D eigenvalue weighted by molar-refractivity contribution is -0.139. The van der Waals surface area contributed by atoms with Crippen LogP contribution in [0, 0.1) is 0 Å². The Morgan fingerprint density at radius 3 is 2.17 bits per heavy atom. The van der Waals surface area contributed by atoms with Crippen molar-refractivity contribution < 1.29 is 22.7 Å². The molecule has 0 aliphatic heterocycles. The molecule has 3 aromatic rings. The zero-order valence-electron chi connectivity index (χ0n) is 24.4. The fourth-order valence-electron chi connectivity index (χ4n) is 5.44. The molecule has 1 aliphatic rings. The highest BCUT2D eigenvalue weighted by molar-refractivity contribution is 7.92. The Morgan fingerprint density at radius 2 is 1.52 bits per heavy atom. The number of carbonyl (C=O) groups excluding carboxylic acids is 2. The second-order valence-corrected chi connectivity index (χ2v) is 12.3. The predicted molar refractivity (Wildman–Crippen MR) is 165 cm³/mol. The van der Waals surface area contributed by atoms with Crippen molar-refractivity contribution >= 4 is 27.5 Å². The van der Waals surface area contributed by atoms with Crippen molar-refractivity contribution in [3.05, 3.63) is 90.5 Å². The van der Waals surface area contributed by atoms with E-state index in [1.165, 1.54) is 12.1 Å². The summed E-state index contributed by atoms with van der Waals surface area (Å²) in [4.78, 5) is 29.4. The first-order chi connectivity index (χ1) is 20.3. The third-order valence-electron chi connectivity index (χ3n) is 7.62. The first-order valence-corrected chi connectivity index (χ1v) is 16.2. The Bertz CT molecular complexity index is 1410. The van der Waals surface area contributed by atoms with Crippen molar-refractivity contribution in [3.63, 3.8) is 0 Å². The van der Waals surface area contributed by atoms with Gasteiger partial charge < -0.3 is 15.0 Å². The van der Waals surface area contributed by atoms with Crippen LogP contribution in [0.2, 0.25) is 0 Å². The van der Waals surface area contributed by atoms with Gasteiger partial charge >= 0.3 is 0 Å². The monoisotopic (exact) mass is 591 g/mol. The van der Waals surface area contributed by atoms with E-state index in [-0.39, 0.29) is 29.1 Å². The molecule has 0 bridgehead atoms. The molecule has 0 aromatic heterocycles. The number of hydrogen-bond acceptors (Lipinski definition) is 5. The topological polar surface area (TPSA) is 96.0 Å². The molecule has 1 aliphatic carbocycles. The molecule has 0 radical (unpaired) electrons. The van der Waals surface area contributed by atoms with Crippen molar-refractivity contribution in [1.29, 1.82) is 0 Å². The number of benzene rings is 3. The second kappa shape index (κ2) is 14.9. The van der Waals surface area contributed by atoms with E-state index in [9.17, 15) is 18.0 Å². The predicted octanol–water partition coefficient (Wildman–Crippen LogP) is 5.19. The van der Waals surface area contributed by atoms with Gasteiger partial charge in [-0.2, -0.15) is 0 Å². The number of nitrogens with zero attached hydrogens (tertiary/aromatic N) is 2. The zero-order valence-corrected chi connectivity index (χ0v) is 25.3. The maximum Gasteiger partial charge on any atom is 0.264 e. The van der Waals surface area contributed by atoms with Crippen LogP contribution < -0.4 is 14.4 Å². The average Bonchev–Trinajstić information content (AvgIpc) is 3.52. The van der Waals surface area contributed by atoms with E-state index in [0.717, 1.165) is 35.6 Å². The summed E-state index contributed by atoms with van der Waals surface area (Å²) in [5.41, 5.74) is 1.29. The molecule has 0 heterocycles. The summed E-state index contributed by atoms with van der Waals surface area (Å²) >= 11 is 0. The Labute approximate surface area is 249 Å². The summed E-state index contributed by atoms with van der Waals surface area (Å²) < 4.78 is 35.0. The van der Waals surface area contributed by atoms with E-state index < -0.39 is 28.5 Å². The number of hydrogen-bond donors (Lipinski definition) is 1. The van der Waals surface area contributed by atoms with E-state index in [4.69, 9.17) is 4.74 Å². The number of anilines is 1. The molecule has 0 saturated heterocycles. The van der Waals surface area contributed by atoms with Crippen LogP contribution in [0.3, 0.4) is 0 Å². The van der Waals surface area contributed by atoms with Crippen LogP contribution in [0.15, 0.2) is 89.8 Å². The molecule has 1 atom stereocenters. The smallest absolute Gasteiger partial charge is 0.264 e. The third-order valence-corrected chi connectivity index (χ3v) is 9.39. The van der Waals surface area contributed by atoms with Crippen molar-refractivity contribution in [3.8, 4) is 5.75 Å². The van der Waals surface area contributed by atoms with E-state index >= 15 is 0 Å². The molecule has 3 aromatic carbocycles. The first-order valence-electron chi connectivity index (χ1n) is 14.8. The lowest BCUT2D eigenvalue weighted by atomic mass is 10.1. The summed E-state index contributed by atoms with van der Waals surface area (Å²) in [6.07, 6.45) is 4.93. The molecule has 2 amide bonds. The second-order valence-electron chi connectivity index (χ2n) is 10.5. The first kappa shape index (κ1) is 31.1. The third kappa shape index (κ3) is 7.70. The summed E-state index contributed by atoms with van der Waals surface area (Å²) in [5, 5.41) is 3.15. The number of rotatable bonds is 14. The lowest BCUT2D eigenvalue weighted by Crippen LogP contribution is -2.54. The number of sulfonamides is 1. The van der Waals surface area contributed by atoms with Gasteiger partial charge in [0.05, 0.1) is 17.2 Å². The summed E-state index contributed by atoms with van der Waals surface area (Å²) in [5.74, 6) is -0.294. The minimum absolute atomic E-state index is 0.0611. The molecule has 1 saturated carbocycles. The minimum Gasteiger partial charge on any atom is -0.492 e. The van der Waals surface area contributed by atoms with Gasteiger partial charge in [0.25, 0.3) is 10.0 Å². The van der Waals surface area contributed by atoms with Gasteiger partial charge in [0.2, 0.25) is 11.8 Å². The molecular formula is C33H41N3O5S. The van der Waals surface area contributed by atoms with Gasteiger partial charge in [-0.1, -0.05) is 80.4 Å². The summed E-state index contributed by atoms with van der Waals surface area (Å²) in [6.45, 7) is 3.81. The van der Waals surface area contributed by atoms with Crippen LogP contribution >= 0.6 is 0 Å². The van der Waals surface area contributed by atoms with Crippen LogP contribution in [0.4, 0.5) is 5.69 Å². The maximum absolute atomic E-state index is 14.2. The Morgan fingerprint density at radius 1 is 0.905 bits per heavy atom. The van der Waals surface area contributed by atoms with Crippen molar-refractivity contribution in [2.75, 3.05) is 24.0 Å². The van der Waals surface area contributed by atoms with Gasteiger partial charge in [0, 0.05) is 12.6 Å². The van der Waals surface area contributed by atoms with Crippen LogP contribution in [0.1, 0.15) is 51.5 Å². The maximum atomic E-state index is 14.2. The van der Waals surface area contributed by atoms with Crippen LogP contribution in [0.25, 0.3) is 0 Å². The SMILES string of the molecule is CCOc1ccccc1N(CC(=O)N(CCc1ccccc1)[C@H](CC)C(=O)NC1CCCC1)S(=O)(=O)c1ccccc1. The molecule has 4 rings (SSSR count). The molecule has 0 spiro atoms.